The fourth-order valence-corrected chi connectivity index (χ4v) is 4.21. The van der Waals surface area contributed by atoms with Gasteiger partial charge in [0.25, 0.3) is 0 Å². The minimum Gasteiger partial charge on any atom is -0.379 e. The van der Waals surface area contributed by atoms with E-state index in [2.05, 4.69) is 16.7 Å². The molecule has 4 saturated heterocycles. The van der Waals surface area contributed by atoms with E-state index in [1.54, 1.807) is 0 Å². The molecule has 4 heteroatoms. The van der Waals surface area contributed by atoms with Gasteiger partial charge in [-0.2, -0.15) is 0 Å². The van der Waals surface area contributed by atoms with Crippen molar-refractivity contribution < 1.29 is 4.74 Å². The number of rotatable bonds is 2. The lowest BCUT2D eigenvalue weighted by molar-refractivity contribution is -0.123. The van der Waals surface area contributed by atoms with Crippen molar-refractivity contribution in [1.82, 2.24) is 9.80 Å². The first-order chi connectivity index (χ1) is 8.26. The molecule has 0 saturated carbocycles. The van der Waals surface area contributed by atoms with Gasteiger partial charge in [-0.25, -0.2) is 0 Å². The quantitative estimate of drug-likeness (QED) is 0.744. The van der Waals surface area contributed by atoms with Crippen LogP contribution in [0.4, 0.5) is 0 Å². The van der Waals surface area contributed by atoms with Gasteiger partial charge >= 0.3 is 0 Å². The highest BCUT2D eigenvalue weighted by atomic mass is 16.5. The van der Waals surface area contributed by atoms with Gasteiger partial charge in [-0.05, 0) is 38.8 Å². The Morgan fingerprint density at radius 2 is 2.06 bits per heavy atom. The molecule has 2 bridgehead atoms. The number of nitrogens with two attached hydrogens (primary N) is 1. The van der Waals surface area contributed by atoms with Crippen molar-refractivity contribution in [3.63, 3.8) is 0 Å². The number of piperidine rings is 3. The Hall–Kier alpha value is -0.160. The van der Waals surface area contributed by atoms with Crippen LogP contribution in [-0.4, -0.2) is 67.3 Å². The molecule has 0 aromatic heterocycles. The van der Waals surface area contributed by atoms with Crippen LogP contribution in [0.1, 0.15) is 19.8 Å². The number of hydrogen-bond donors (Lipinski definition) is 1. The summed E-state index contributed by atoms with van der Waals surface area (Å²) in [4.78, 5) is 5.27. The van der Waals surface area contributed by atoms with Crippen molar-refractivity contribution in [2.45, 2.75) is 31.3 Å². The maximum atomic E-state index is 6.21. The van der Waals surface area contributed by atoms with Crippen molar-refractivity contribution >= 4 is 0 Å². The number of fused-ring (bicyclic) bond motifs is 3. The first-order valence-corrected chi connectivity index (χ1v) is 7.03. The largest absolute Gasteiger partial charge is 0.379 e. The predicted octanol–water partition coefficient (Wildman–Crippen LogP) is 0.130. The maximum absolute atomic E-state index is 6.21. The summed E-state index contributed by atoms with van der Waals surface area (Å²) < 4.78 is 5.58. The van der Waals surface area contributed by atoms with E-state index in [4.69, 9.17) is 10.5 Å². The molecule has 2 unspecified atom stereocenters. The molecular formula is C13H25N3O. The monoisotopic (exact) mass is 239 g/mol. The molecule has 17 heavy (non-hydrogen) atoms. The van der Waals surface area contributed by atoms with Gasteiger partial charge in [0.1, 0.15) is 0 Å². The van der Waals surface area contributed by atoms with Crippen LogP contribution in [0.5, 0.6) is 0 Å². The number of nitrogens with zero attached hydrogens (tertiary/aromatic N) is 2. The van der Waals surface area contributed by atoms with Crippen LogP contribution in [0.25, 0.3) is 0 Å². The Labute approximate surface area is 104 Å². The molecule has 2 N–H and O–H groups in total. The Morgan fingerprint density at radius 3 is 2.59 bits per heavy atom. The summed E-state index contributed by atoms with van der Waals surface area (Å²) >= 11 is 0. The lowest BCUT2D eigenvalue weighted by Gasteiger charge is -2.60. The second-order valence-electron chi connectivity index (χ2n) is 5.98. The van der Waals surface area contributed by atoms with Crippen LogP contribution >= 0.6 is 0 Å². The van der Waals surface area contributed by atoms with Crippen LogP contribution in [0.3, 0.4) is 0 Å². The van der Waals surface area contributed by atoms with Crippen molar-refractivity contribution in [3.8, 4) is 0 Å². The SMILES string of the molecule is CC1COCCN1C1(CN)CN2CCC1CC2. The molecular weight excluding hydrogens is 214 g/mol. The summed E-state index contributed by atoms with van der Waals surface area (Å²) in [6, 6.07) is 0.521. The fourth-order valence-electron chi connectivity index (χ4n) is 4.21. The van der Waals surface area contributed by atoms with Gasteiger partial charge in [0.15, 0.2) is 0 Å². The molecule has 2 atom stereocenters. The van der Waals surface area contributed by atoms with E-state index >= 15 is 0 Å². The summed E-state index contributed by atoms with van der Waals surface area (Å²) in [5, 5.41) is 0. The van der Waals surface area contributed by atoms with Crippen molar-refractivity contribution in [2.75, 3.05) is 45.9 Å². The van der Waals surface area contributed by atoms with Crippen LogP contribution in [0.2, 0.25) is 0 Å². The van der Waals surface area contributed by atoms with E-state index in [-0.39, 0.29) is 5.54 Å². The lowest BCUT2D eigenvalue weighted by Crippen LogP contribution is -2.73. The van der Waals surface area contributed by atoms with E-state index < -0.39 is 0 Å². The second kappa shape index (κ2) is 4.50. The van der Waals surface area contributed by atoms with Gasteiger partial charge in [0, 0.05) is 31.2 Å². The fraction of sp³-hybridized carbons (Fsp3) is 1.00. The van der Waals surface area contributed by atoms with E-state index in [9.17, 15) is 0 Å². The van der Waals surface area contributed by atoms with Crippen molar-refractivity contribution in [2.24, 2.45) is 11.7 Å². The summed E-state index contributed by atoms with van der Waals surface area (Å²) in [6.45, 7) is 9.64. The molecule has 4 heterocycles. The molecule has 0 aliphatic carbocycles. The summed E-state index contributed by atoms with van der Waals surface area (Å²) in [6.07, 6.45) is 2.67. The zero-order chi connectivity index (χ0) is 11.9. The second-order valence-corrected chi connectivity index (χ2v) is 5.98. The molecule has 0 spiro atoms. The van der Waals surface area contributed by atoms with Crippen LogP contribution in [-0.2, 0) is 4.74 Å². The first kappa shape index (κ1) is 11.9. The molecule has 0 aromatic carbocycles. The molecule has 4 rings (SSSR count). The minimum atomic E-state index is 0.236. The molecule has 4 fully saturated rings. The Bertz CT molecular complexity index is 278. The summed E-state index contributed by atoms with van der Waals surface area (Å²) in [7, 11) is 0. The van der Waals surface area contributed by atoms with E-state index in [0.717, 1.165) is 32.2 Å². The van der Waals surface area contributed by atoms with E-state index in [0.29, 0.717) is 6.04 Å². The van der Waals surface area contributed by atoms with Gasteiger partial charge in [-0.3, -0.25) is 4.90 Å². The zero-order valence-corrected chi connectivity index (χ0v) is 10.9. The van der Waals surface area contributed by atoms with E-state index in [1.165, 1.54) is 32.5 Å². The molecule has 0 amide bonds. The molecule has 4 nitrogen and oxygen atoms in total. The standard InChI is InChI=1S/C13H25N3O/c1-11-8-17-7-6-16(11)13(9-14)10-15-4-2-12(13)3-5-15/h11-12H,2-10,14H2,1H3. The topological polar surface area (TPSA) is 41.7 Å². The Balaban J connectivity index is 1.85. The third-order valence-electron chi connectivity index (χ3n) is 5.14. The molecule has 0 aromatic rings. The number of morpholine rings is 1. The maximum Gasteiger partial charge on any atom is 0.0620 e. The Morgan fingerprint density at radius 1 is 1.29 bits per heavy atom. The molecule has 4 aliphatic heterocycles. The Kier molecular flexibility index (Phi) is 3.15. The van der Waals surface area contributed by atoms with Crippen LogP contribution < -0.4 is 5.73 Å². The van der Waals surface area contributed by atoms with Crippen LogP contribution in [0.15, 0.2) is 0 Å². The molecule has 4 aliphatic rings. The summed E-state index contributed by atoms with van der Waals surface area (Å²) in [5.41, 5.74) is 6.44. The number of ether oxygens (including phenoxy) is 1. The highest BCUT2D eigenvalue weighted by Crippen LogP contribution is 2.40. The average Bonchev–Trinajstić information content (AvgIpc) is 2.40. The van der Waals surface area contributed by atoms with E-state index in [1.807, 2.05) is 0 Å². The van der Waals surface area contributed by atoms with Gasteiger partial charge in [0.2, 0.25) is 0 Å². The molecule has 0 radical (unpaired) electrons. The van der Waals surface area contributed by atoms with Crippen LogP contribution in [0, 0.1) is 5.92 Å². The van der Waals surface area contributed by atoms with Crippen molar-refractivity contribution in [3.05, 3.63) is 0 Å². The van der Waals surface area contributed by atoms with Gasteiger partial charge < -0.3 is 15.4 Å². The average molecular weight is 239 g/mol. The van der Waals surface area contributed by atoms with Gasteiger partial charge in [-0.15, -0.1) is 0 Å². The highest BCUT2D eigenvalue weighted by Gasteiger charge is 2.50. The molecule has 98 valence electrons. The minimum absolute atomic E-state index is 0.236. The third-order valence-corrected chi connectivity index (χ3v) is 5.14. The third kappa shape index (κ3) is 1.82. The lowest BCUT2D eigenvalue weighted by atomic mass is 9.71. The van der Waals surface area contributed by atoms with Crippen molar-refractivity contribution in [1.29, 1.82) is 0 Å². The highest BCUT2D eigenvalue weighted by molar-refractivity contribution is 5.07. The zero-order valence-electron chi connectivity index (χ0n) is 10.9. The summed E-state index contributed by atoms with van der Waals surface area (Å²) in [5.74, 6) is 0.804. The van der Waals surface area contributed by atoms with Gasteiger partial charge in [-0.1, -0.05) is 0 Å². The predicted molar refractivity (Wildman–Crippen MR) is 67.9 cm³/mol. The number of hydrogen-bond acceptors (Lipinski definition) is 4. The smallest absolute Gasteiger partial charge is 0.0620 e. The van der Waals surface area contributed by atoms with Gasteiger partial charge in [0.05, 0.1) is 13.2 Å². The normalized spacial score (nSPS) is 47.3. The first-order valence-electron chi connectivity index (χ1n) is 7.03.